The molecule has 1 saturated heterocycles. The zero-order chi connectivity index (χ0) is 14.5. The van der Waals surface area contributed by atoms with Gasteiger partial charge in [-0.3, -0.25) is 4.79 Å². The number of rotatable bonds is 5. The molecule has 2 aliphatic rings. The monoisotopic (exact) mass is 285 g/mol. The fourth-order valence-electron chi connectivity index (χ4n) is 3.86. The molecule has 1 saturated carbocycles. The van der Waals surface area contributed by atoms with E-state index in [1.165, 1.54) is 49.7 Å². The molecular formula is C19H27NO. The number of carbonyl (C=O) groups is 1. The van der Waals surface area contributed by atoms with Gasteiger partial charge < -0.3 is 5.32 Å². The first-order valence-electron chi connectivity index (χ1n) is 8.62. The first-order valence-corrected chi connectivity index (χ1v) is 8.62. The standard InChI is InChI=1S/C19H27NO/c21-19(12-15-4-2-1-3-5-15)13-16-6-8-17(9-7-16)18-10-11-20-14-18/h6-9,15,18,20H,1-5,10-14H2. The third-order valence-corrected chi connectivity index (χ3v) is 5.15. The van der Waals surface area contributed by atoms with Crippen molar-refractivity contribution in [3.05, 3.63) is 35.4 Å². The smallest absolute Gasteiger partial charge is 0.137 e. The maximum Gasteiger partial charge on any atom is 0.137 e. The zero-order valence-electron chi connectivity index (χ0n) is 12.9. The van der Waals surface area contributed by atoms with Crippen molar-refractivity contribution in [2.75, 3.05) is 13.1 Å². The van der Waals surface area contributed by atoms with Gasteiger partial charge in [0.25, 0.3) is 0 Å². The maximum atomic E-state index is 12.2. The summed E-state index contributed by atoms with van der Waals surface area (Å²) in [5.41, 5.74) is 2.61. The van der Waals surface area contributed by atoms with Crippen molar-refractivity contribution in [1.82, 2.24) is 5.32 Å². The van der Waals surface area contributed by atoms with Gasteiger partial charge >= 0.3 is 0 Å². The quantitative estimate of drug-likeness (QED) is 0.890. The Morgan fingerprint density at radius 3 is 2.48 bits per heavy atom. The van der Waals surface area contributed by atoms with Gasteiger partial charge in [-0.05, 0) is 35.9 Å². The number of carbonyl (C=O) groups excluding carboxylic acids is 1. The molecule has 1 unspecified atom stereocenters. The number of ketones is 1. The van der Waals surface area contributed by atoms with Crippen molar-refractivity contribution in [3.8, 4) is 0 Å². The summed E-state index contributed by atoms with van der Waals surface area (Å²) in [5.74, 6) is 1.75. The molecule has 1 aliphatic carbocycles. The van der Waals surface area contributed by atoms with Gasteiger partial charge in [-0.25, -0.2) is 0 Å². The molecule has 1 atom stereocenters. The van der Waals surface area contributed by atoms with E-state index < -0.39 is 0 Å². The van der Waals surface area contributed by atoms with E-state index in [0.29, 0.717) is 24.0 Å². The summed E-state index contributed by atoms with van der Waals surface area (Å²) in [5, 5.41) is 3.41. The van der Waals surface area contributed by atoms with Crippen molar-refractivity contribution in [3.63, 3.8) is 0 Å². The Kier molecular flexibility index (Phi) is 5.08. The van der Waals surface area contributed by atoms with Crippen molar-refractivity contribution in [2.45, 2.75) is 57.3 Å². The van der Waals surface area contributed by atoms with E-state index in [4.69, 9.17) is 0 Å². The molecule has 0 spiro atoms. The van der Waals surface area contributed by atoms with Crippen LogP contribution in [0.1, 0.15) is 62.0 Å². The van der Waals surface area contributed by atoms with Crippen LogP contribution in [0.25, 0.3) is 0 Å². The highest BCUT2D eigenvalue weighted by Gasteiger charge is 2.18. The van der Waals surface area contributed by atoms with Crippen molar-refractivity contribution in [2.24, 2.45) is 5.92 Å². The Labute approximate surface area is 128 Å². The van der Waals surface area contributed by atoms with E-state index in [1.54, 1.807) is 0 Å². The van der Waals surface area contributed by atoms with Gasteiger partial charge in [-0.1, -0.05) is 56.4 Å². The fourth-order valence-corrected chi connectivity index (χ4v) is 3.86. The van der Waals surface area contributed by atoms with E-state index in [0.717, 1.165) is 19.5 Å². The molecule has 0 amide bonds. The topological polar surface area (TPSA) is 29.1 Å². The van der Waals surface area contributed by atoms with E-state index >= 15 is 0 Å². The first-order chi connectivity index (χ1) is 10.3. The lowest BCUT2D eigenvalue weighted by atomic mass is 9.85. The summed E-state index contributed by atoms with van der Waals surface area (Å²) in [6, 6.07) is 8.76. The summed E-state index contributed by atoms with van der Waals surface area (Å²) < 4.78 is 0. The van der Waals surface area contributed by atoms with Crippen LogP contribution in [0.4, 0.5) is 0 Å². The SMILES string of the molecule is O=C(Cc1ccc(C2CCNC2)cc1)CC1CCCCC1. The van der Waals surface area contributed by atoms with E-state index in [2.05, 4.69) is 29.6 Å². The lowest BCUT2D eigenvalue weighted by Gasteiger charge is -2.20. The lowest BCUT2D eigenvalue weighted by Crippen LogP contribution is -2.13. The number of hydrogen-bond donors (Lipinski definition) is 1. The summed E-state index contributed by atoms with van der Waals surface area (Å²) in [6.45, 7) is 2.23. The van der Waals surface area contributed by atoms with E-state index in [-0.39, 0.29) is 0 Å². The van der Waals surface area contributed by atoms with Crippen molar-refractivity contribution in [1.29, 1.82) is 0 Å². The molecular weight excluding hydrogens is 258 g/mol. The Morgan fingerprint density at radius 2 is 1.81 bits per heavy atom. The molecule has 2 heteroatoms. The average Bonchev–Trinajstić information content (AvgIpc) is 3.03. The van der Waals surface area contributed by atoms with Gasteiger partial charge in [0.05, 0.1) is 0 Å². The Balaban J connectivity index is 1.50. The average molecular weight is 285 g/mol. The highest BCUT2D eigenvalue weighted by molar-refractivity contribution is 5.81. The maximum absolute atomic E-state index is 12.2. The van der Waals surface area contributed by atoms with Crippen LogP contribution in [0.3, 0.4) is 0 Å². The van der Waals surface area contributed by atoms with Gasteiger partial charge in [0.15, 0.2) is 0 Å². The predicted molar refractivity (Wildman–Crippen MR) is 86.6 cm³/mol. The van der Waals surface area contributed by atoms with Crippen LogP contribution < -0.4 is 5.32 Å². The van der Waals surface area contributed by atoms with Crippen molar-refractivity contribution >= 4 is 5.78 Å². The number of Topliss-reactive ketones (excluding diaryl/α,β-unsaturated/α-hetero) is 1. The van der Waals surface area contributed by atoms with E-state index in [1.807, 2.05) is 0 Å². The molecule has 114 valence electrons. The summed E-state index contributed by atoms with van der Waals surface area (Å²) >= 11 is 0. The molecule has 0 bridgehead atoms. The van der Waals surface area contributed by atoms with Gasteiger partial charge in [-0.2, -0.15) is 0 Å². The normalized spacial score (nSPS) is 23.3. The van der Waals surface area contributed by atoms with E-state index in [9.17, 15) is 4.79 Å². The van der Waals surface area contributed by atoms with Crippen LogP contribution in [-0.4, -0.2) is 18.9 Å². The second-order valence-corrected chi connectivity index (χ2v) is 6.85. The third kappa shape index (κ3) is 4.16. The lowest BCUT2D eigenvalue weighted by molar-refractivity contribution is -0.119. The van der Waals surface area contributed by atoms with Gasteiger partial charge in [0.2, 0.25) is 0 Å². The fraction of sp³-hybridized carbons (Fsp3) is 0.632. The highest BCUT2D eigenvalue weighted by atomic mass is 16.1. The molecule has 2 nitrogen and oxygen atoms in total. The van der Waals surface area contributed by atoms with Crippen LogP contribution in [0.5, 0.6) is 0 Å². The molecule has 1 heterocycles. The minimum absolute atomic E-state index is 0.428. The number of hydrogen-bond acceptors (Lipinski definition) is 2. The Bertz CT molecular complexity index is 453. The minimum atomic E-state index is 0.428. The summed E-state index contributed by atoms with van der Waals surface area (Å²) in [6.07, 6.45) is 9.19. The molecule has 0 radical (unpaired) electrons. The molecule has 1 aromatic rings. The van der Waals surface area contributed by atoms with Crippen LogP contribution in [0.2, 0.25) is 0 Å². The molecule has 1 N–H and O–H groups in total. The Hall–Kier alpha value is -1.15. The van der Waals surface area contributed by atoms with Gasteiger partial charge in [0.1, 0.15) is 5.78 Å². The molecule has 3 rings (SSSR count). The minimum Gasteiger partial charge on any atom is -0.316 e. The van der Waals surface area contributed by atoms with Crippen LogP contribution >= 0.6 is 0 Å². The summed E-state index contributed by atoms with van der Waals surface area (Å²) in [7, 11) is 0. The predicted octanol–water partition coefficient (Wildman–Crippen LogP) is 3.85. The number of nitrogens with one attached hydrogen (secondary N) is 1. The van der Waals surface area contributed by atoms with Crippen LogP contribution in [0.15, 0.2) is 24.3 Å². The molecule has 21 heavy (non-hydrogen) atoms. The second kappa shape index (κ2) is 7.22. The van der Waals surface area contributed by atoms with Crippen LogP contribution in [0, 0.1) is 5.92 Å². The largest absolute Gasteiger partial charge is 0.316 e. The Morgan fingerprint density at radius 1 is 1.05 bits per heavy atom. The first kappa shape index (κ1) is 14.8. The van der Waals surface area contributed by atoms with Gasteiger partial charge in [-0.15, -0.1) is 0 Å². The summed E-state index contributed by atoms with van der Waals surface area (Å²) in [4.78, 5) is 12.2. The molecule has 1 aliphatic heterocycles. The number of benzene rings is 1. The third-order valence-electron chi connectivity index (χ3n) is 5.15. The molecule has 1 aromatic carbocycles. The second-order valence-electron chi connectivity index (χ2n) is 6.85. The van der Waals surface area contributed by atoms with Crippen LogP contribution in [-0.2, 0) is 11.2 Å². The highest BCUT2D eigenvalue weighted by Crippen LogP contribution is 2.27. The molecule has 2 fully saturated rings. The molecule has 0 aromatic heterocycles. The van der Waals surface area contributed by atoms with Gasteiger partial charge in [0, 0.05) is 19.4 Å². The zero-order valence-corrected chi connectivity index (χ0v) is 12.9. The van der Waals surface area contributed by atoms with Crippen molar-refractivity contribution < 1.29 is 4.79 Å².